The Bertz CT molecular complexity index is 607. The van der Waals surface area contributed by atoms with Crippen LogP contribution in [0.2, 0.25) is 5.02 Å². The first-order valence-electron chi connectivity index (χ1n) is 6.20. The van der Waals surface area contributed by atoms with Crippen molar-refractivity contribution in [1.29, 1.82) is 0 Å². The Morgan fingerprint density at radius 2 is 2.05 bits per heavy atom. The number of aromatic amines is 1. The summed E-state index contributed by atoms with van der Waals surface area (Å²) < 4.78 is 0. The predicted octanol–water partition coefficient (Wildman–Crippen LogP) is 3.16. The molecule has 0 fully saturated rings. The smallest absolute Gasteiger partial charge is 0.252 e. The summed E-state index contributed by atoms with van der Waals surface area (Å²) in [5.41, 5.74) is 0.946. The molecule has 0 amide bonds. The van der Waals surface area contributed by atoms with Crippen LogP contribution in [0.5, 0.6) is 0 Å². The Labute approximate surface area is 116 Å². The van der Waals surface area contributed by atoms with Gasteiger partial charge < -0.3 is 10.3 Å². The topological polar surface area (TPSA) is 57.8 Å². The van der Waals surface area contributed by atoms with Gasteiger partial charge >= 0.3 is 0 Å². The van der Waals surface area contributed by atoms with Gasteiger partial charge in [-0.1, -0.05) is 30.7 Å². The molecular weight excluding hydrogens is 262 g/mol. The summed E-state index contributed by atoms with van der Waals surface area (Å²) in [6.07, 6.45) is 0.695. The second-order valence-corrected chi connectivity index (χ2v) is 4.78. The van der Waals surface area contributed by atoms with Gasteiger partial charge in [0.05, 0.1) is 0 Å². The molecule has 0 saturated carbocycles. The molecule has 1 heterocycles. The number of benzene rings is 1. The van der Waals surface area contributed by atoms with Crippen LogP contribution in [0.15, 0.2) is 35.1 Å². The molecule has 2 N–H and O–H groups in total. The molecule has 0 spiro atoms. The zero-order valence-corrected chi connectivity index (χ0v) is 11.7. The molecule has 0 bridgehead atoms. The van der Waals surface area contributed by atoms with Gasteiger partial charge in [-0.2, -0.15) is 0 Å². The van der Waals surface area contributed by atoms with Gasteiger partial charge in [0.1, 0.15) is 11.6 Å². The summed E-state index contributed by atoms with van der Waals surface area (Å²) in [5, 5.41) is 3.93. The van der Waals surface area contributed by atoms with E-state index in [1.165, 1.54) is 6.07 Å². The molecule has 1 aromatic carbocycles. The van der Waals surface area contributed by atoms with Crippen LogP contribution in [-0.2, 0) is 6.42 Å². The first-order chi connectivity index (χ1) is 9.08. The summed E-state index contributed by atoms with van der Waals surface area (Å²) in [6.45, 7) is 3.96. The van der Waals surface area contributed by atoms with Gasteiger partial charge in [-0.25, -0.2) is 4.98 Å². The Balaban J connectivity index is 2.18. The van der Waals surface area contributed by atoms with Crippen LogP contribution in [0.3, 0.4) is 0 Å². The summed E-state index contributed by atoms with van der Waals surface area (Å²) in [5.74, 6) is 1.27. The molecule has 5 heteroatoms. The monoisotopic (exact) mass is 277 g/mol. The Morgan fingerprint density at radius 3 is 2.68 bits per heavy atom. The second-order valence-electron chi connectivity index (χ2n) is 4.35. The van der Waals surface area contributed by atoms with Crippen LogP contribution in [0.4, 0.5) is 5.82 Å². The van der Waals surface area contributed by atoms with Gasteiger partial charge in [-0.3, -0.25) is 4.79 Å². The summed E-state index contributed by atoms with van der Waals surface area (Å²) >= 11 is 5.86. The van der Waals surface area contributed by atoms with E-state index in [9.17, 15) is 4.79 Å². The van der Waals surface area contributed by atoms with Gasteiger partial charge in [-0.05, 0) is 24.6 Å². The van der Waals surface area contributed by atoms with E-state index in [4.69, 9.17) is 11.6 Å². The molecule has 100 valence electrons. The van der Waals surface area contributed by atoms with Crippen molar-refractivity contribution in [2.24, 2.45) is 0 Å². The molecule has 19 heavy (non-hydrogen) atoms. The largest absolute Gasteiger partial charge is 0.363 e. The lowest BCUT2D eigenvalue weighted by molar-refractivity contribution is 0.851. The van der Waals surface area contributed by atoms with Crippen molar-refractivity contribution < 1.29 is 0 Å². The lowest BCUT2D eigenvalue weighted by Gasteiger charge is -2.15. The quantitative estimate of drug-likeness (QED) is 0.902. The maximum atomic E-state index is 11.5. The number of hydrogen-bond donors (Lipinski definition) is 2. The average molecular weight is 278 g/mol. The minimum absolute atomic E-state index is 0.0521. The Hall–Kier alpha value is -1.81. The highest BCUT2D eigenvalue weighted by Crippen LogP contribution is 2.19. The van der Waals surface area contributed by atoms with Crippen molar-refractivity contribution in [2.75, 3.05) is 5.32 Å². The summed E-state index contributed by atoms with van der Waals surface area (Å²) in [6, 6.07) is 9.11. The van der Waals surface area contributed by atoms with Crippen LogP contribution >= 0.6 is 11.6 Å². The molecule has 1 atom stereocenters. The van der Waals surface area contributed by atoms with E-state index in [1.807, 2.05) is 38.1 Å². The molecule has 0 aliphatic carbocycles. The molecule has 0 radical (unpaired) electrons. The van der Waals surface area contributed by atoms with Gasteiger partial charge in [0, 0.05) is 23.6 Å². The zero-order chi connectivity index (χ0) is 13.8. The van der Waals surface area contributed by atoms with Crippen LogP contribution in [0.1, 0.15) is 31.3 Å². The molecule has 1 aromatic heterocycles. The van der Waals surface area contributed by atoms with Crippen LogP contribution in [0, 0.1) is 0 Å². The van der Waals surface area contributed by atoms with E-state index in [2.05, 4.69) is 15.3 Å². The second kappa shape index (κ2) is 5.89. The van der Waals surface area contributed by atoms with Crippen molar-refractivity contribution >= 4 is 17.4 Å². The molecule has 0 saturated heterocycles. The van der Waals surface area contributed by atoms with Crippen molar-refractivity contribution in [2.45, 2.75) is 26.3 Å². The SMILES string of the molecule is CCc1nc(NC(C)c2ccc(Cl)cc2)cc(=O)[nH]1. The summed E-state index contributed by atoms with van der Waals surface area (Å²) in [7, 11) is 0. The summed E-state index contributed by atoms with van der Waals surface area (Å²) in [4.78, 5) is 18.5. The number of H-pyrrole nitrogens is 1. The van der Waals surface area contributed by atoms with Crippen LogP contribution < -0.4 is 10.9 Å². The van der Waals surface area contributed by atoms with E-state index in [0.29, 0.717) is 23.1 Å². The van der Waals surface area contributed by atoms with Crippen molar-refractivity contribution in [3.8, 4) is 0 Å². The molecule has 0 aliphatic heterocycles. The molecule has 4 nitrogen and oxygen atoms in total. The van der Waals surface area contributed by atoms with Crippen LogP contribution in [-0.4, -0.2) is 9.97 Å². The van der Waals surface area contributed by atoms with Crippen molar-refractivity contribution in [1.82, 2.24) is 9.97 Å². The fourth-order valence-corrected chi connectivity index (χ4v) is 1.93. The number of rotatable bonds is 4. The first-order valence-corrected chi connectivity index (χ1v) is 6.58. The van der Waals surface area contributed by atoms with E-state index < -0.39 is 0 Å². The van der Waals surface area contributed by atoms with Gasteiger partial charge in [-0.15, -0.1) is 0 Å². The third kappa shape index (κ3) is 3.58. The minimum atomic E-state index is -0.141. The highest BCUT2D eigenvalue weighted by atomic mass is 35.5. The minimum Gasteiger partial charge on any atom is -0.363 e. The van der Waals surface area contributed by atoms with Gasteiger partial charge in [0.25, 0.3) is 5.56 Å². The number of nitrogens with one attached hydrogen (secondary N) is 2. The maximum absolute atomic E-state index is 11.5. The third-order valence-electron chi connectivity index (χ3n) is 2.86. The molecule has 0 aliphatic rings. The maximum Gasteiger partial charge on any atom is 0.252 e. The lowest BCUT2D eigenvalue weighted by Crippen LogP contribution is -2.15. The highest BCUT2D eigenvalue weighted by molar-refractivity contribution is 6.30. The van der Waals surface area contributed by atoms with Gasteiger partial charge in [0.2, 0.25) is 0 Å². The van der Waals surface area contributed by atoms with E-state index in [1.54, 1.807) is 0 Å². The normalized spacial score (nSPS) is 12.2. The number of nitrogens with zero attached hydrogens (tertiary/aromatic N) is 1. The van der Waals surface area contributed by atoms with E-state index in [-0.39, 0.29) is 11.6 Å². The number of anilines is 1. The number of aromatic nitrogens is 2. The van der Waals surface area contributed by atoms with Crippen LogP contribution in [0.25, 0.3) is 0 Å². The molecule has 2 aromatic rings. The third-order valence-corrected chi connectivity index (χ3v) is 3.11. The number of halogens is 1. The number of aryl methyl sites for hydroxylation is 1. The Morgan fingerprint density at radius 1 is 1.37 bits per heavy atom. The molecular formula is C14H16ClN3O. The predicted molar refractivity (Wildman–Crippen MR) is 77.7 cm³/mol. The zero-order valence-electron chi connectivity index (χ0n) is 10.9. The molecule has 2 rings (SSSR count). The highest BCUT2D eigenvalue weighted by Gasteiger charge is 2.07. The Kier molecular flexibility index (Phi) is 4.22. The first kappa shape index (κ1) is 13.6. The van der Waals surface area contributed by atoms with Crippen molar-refractivity contribution in [3.05, 3.63) is 57.1 Å². The van der Waals surface area contributed by atoms with E-state index in [0.717, 1.165) is 5.56 Å². The molecule has 1 unspecified atom stereocenters. The van der Waals surface area contributed by atoms with Gasteiger partial charge in [0.15, 0.2) is 0 Å². The van der Waals surface area contributed by atoms with E-state index >= 15 is 0 Å². The van der Waals surface area contributed by atoms with Crippen molar-refractivity contribution in [3.63, 3.8) is 0 Å². The number of hydrogen-bond acceptors (Lipinski definition) is 3. The fraction of sp³-hybridized carbons (Fsp3) is 0.286. The standard InChI is InChI=1S/C14H16ClN3O/c1-3-12-17-13(8-14(19)18-12)16-9(2)10-4-6-11(15)7-5-10/h4-9H,3H2,1-2H3,(H2,16,17,18,19). The fourth-order valence-electron chi connectivity index (χ4n) is 1.81. The average Bonchev–Trinajstić information content (AvgIpc) is 2.38. The lowest BCUT2D eigenvalue weighted by atomic mass is 10.1.